The SMILES string of the molecule is C=C1CCCC2C1(C)CCC(C)C2(C)Cc1cc(CO)ccc1OC. The third-order valence-corrected chi connectivity index (χ3v) is 7.67. The Morgan fingerprint density at radius 1 is 1.28 bits per heavy atom. The molecule has 2 fully saturated rings. The number of hydrogen-bond acceptors (Lipinski definition) is 2. The monoisotopic (exact) mass is 342 g/mol. The lowest BCUT2D eigenvalue weighted by Crippen LogP contribution is -2.51. The molecule has 4 atom stereocenters. The van der Waals surface area contributed by atoms with Gasteiger partial charge in [-0.15, -0.1) is 0 Å². The van der Waals surface area contributed by atoms with Crippen LogP contribution in [0, 0.1) is 22.7 Å². The minimum absolute atomic E-state index is 0.0845. The van der Waals surface area contributed by atoms with Crippen LogP contribution in [0.5, 0.6) is 5.75 Å². The number of allylic oxidation sites excluding steroid dienone is 1. The zero-order chi connectivity index (χ0) is 18.2. The lowest BCUT2D eigenvalue weighted by atomic mass is 9.46. The fourth-order valence-electron chi connectivity index (χ4n) is 5.74. The van der Waals surface area contributed by atoms with E-state index in [1.165, 1.54) is 43.2 Å². The van der Waals surface area contributed by atoms with E-state index in [1.54, 1.807) is 7.11 Å². The van der Waals surface area contributed by atoms with Gasteiger partial charge in [-0.2, -0.15) is 0 Å². The van der Waals surface area contributed by atoms with Crippen LogP contribution in [0.2, 0.25) is 0 Å². The van der Waals surface area contributed by atoms with Gasteiger partial charge in [0.05, 0.1) is 13.7 Å². The first-order chi connectivity index (χ1) is 11.8. The highest BCUT2D eigenvalue weighted by molar-refractivity contribution is 5.38. The van der Waals surface area contributed by atoms with Gasteiger partial charge in [0, 0.05) is 0 Å². The molecule has 0 saturated heterocycles. The topological polar surface area (TPSA) is 29.5 Å². The summed E-state index contributed by atoms with van der Waals surface area (Å²) in [4.78, 5) is 0. The van der Waals surface area contributed by atoms with Crippen molar-refractivity contribution in [2.75, 3.05) is 7.11 Å². The molecule has 2 nitrogen and oxygen atoms in total. The van der Waals surface area contributed by atoms with Crippen LogP contribution in [0.15, 0.2) is 30.4 Å². The van der Waals surface area contributed by atoms with Crippen molar-refractivity contribution < 1.29 is 9.84 Å². The normalized spacial score (nSPS) is 35.3. The Bertz CT molecular complexity index is 649. The Balaban J connectivity index is 2.00. The van der Waals surface area contributed by atoms with E-state index < -0.39 is 0 Å². The second-order valence-electron chi connectivity index (χ2n) is 8.89. The molecule has 1 N–H and O–H groups in total. The smallest absolute Gasteiger partial charge is 0.122 e. The Labute approximate surface area is 153 Å². The molecule has 2 aliphatic carbocycles. The first-order valence-corrected chi connectivity index (χ1v) is 9.80. The lowest BCUT2D eigenvalue weighted by molar-refractivity contribution is -0.0491. The first kappa shape index (κ1) is 18.5. The van der Waals surface area contributed by atoms with Gasteiger partial charge in [-0.1, -0.05) is 39.0 Å². The van der Waals surface area contributed by atoms with Gasteiger partial charge in [0.1, 0.15) is 5.75 Å². The number of ether oxygens (including phenoxy) is 1. The summed E-state index contributed by atoms with van der Waals surface area (Å²) in [5, 5.41) is 9.56. The zero-order valence-electron chi connectivity index (χ0n) is 16.4. The number of fused-ring (bicyclic) bond motifs is 1. The van der Waals surface area contributed by atoms with Gasteiger partial charge in [-0.3, -0.25) is 0 Å². The Morgan fingerprint density at radius 2 is 2.04 bits per heavy atom. The van der Waals surface area contributed by atoms with Crippen LogP contribution >= 0.6 is 0 Å². The van der Waals surface area contributed by atoms with E-state index in [4.69, 9.17) is 4.74 Å². The maximum absolute atomic E-state index is 9.56. The van der Waals surface area contributed by atoms with E-state index in [9.17, 15) is 5.11 Å². The lowest BCUT2D eigenvalue weighted by Gasteiger charge is -2.59. The van der Waals surface area contributed by atoms with Crippen molar-refractivity contribution in [3.63, 3.8) is 0 Å². The Kier molecular flexibility index (Phi) is 5.03. The van der Waals surface area contributed by atoms with Crippen molar-refractivity contribution in [3.8, 4) is 5.75 Å². The van der Waals surface area contributed by atoms with Gasteiger partial charge in [0.25, 0.3) is 0 Å². The molecule has 1 aromatic rings. The van der Waals surface area contributed by atoms with Gasteiger partial charge >= 0.3 is 0 Å². The van der Waals surface area contributed by atoms with Crippen LogP contribution in [-0.2, 0) is 13.0 Å². The van der Waals surface area contributed by atoms with E-state index in [-0.39, 0.29) is 17.4 Å². The molecule has 0 bridgehead atoms. The molecule has 2 aliphatic rings. The second-order valence-corrected chi connectivity index (χ2v) is 8.89. The van der Waals surface area contributed by atoms with Crippen molar-refractivity contribution >= 4 is 0 Å². The third-order valence-electron chi connectivity index (χ3n) is 7.67. The largest absolute Gasteiger partial charge is 0.496 e. The molecule has 4 unspecified atom stereocenters. The zero-order valence-corrected chi connectivity index (χ0v) is 16.4. The van der Waals surface area contributed by atoms with Crippen molar-refractivity contribution in [3.05, 3.63) is 41.5 Å². The summed E-state index contributed by atoms with van der Waals surface area (Å²) in [6, 6.07) is 6.11. The van der Waals surface area contributed by atoms with Crippen LogP contribution in [0.3, 0.4) is 0 Å². The van der Waals surface area contributed by atoms with Crippen molar-refractivity contribution in [1.29, 1.82) is 0 Å². The summed E-state index contributed by atoms with van der Waals surface area (Å²) < 4.78 is 5.65. The summed E-state index contributed by atoms with van der Waals surface area (Å²) in [7, 11) is 1.75. The number of aliphatic hydroxyl groups is 1. The fraction of sp³-hybridized carbons (Fsp3) is 0.652. The second kappa shape index (κ2) is 6.79. The number of benzene rings is 1. The molecular formula is C23H34O2. The van der Waals surface area contributed by atoms with Gasteiger partial charge in [0.2, 0.25) is 0 Å². The average Bonchev–Trinajstić information content (AvgIpc) is 2.60. The van der Waals surface area contributed by atoms with Gasteiger partial charge < -0.3 is 9.84 Å². The molecule has 0 heterocycles. The summed E-state index contributed by atoms with van der Waals surface area (Å²) >= 11 is 0. The van der Waals surface area contributed by atoms with Crippen molar-refractivity contribution in [2.45, 2.75) is 65.9 Å². The summed E-state index contributed by atoms with van der Waals surface area (Å²) in [6.45, 7) is 11.9. The summed E-state index contributed by atoms with van der Waals surface area (Å²) in [6.07, 6.45) is 7.33. The van der Waals surface area contributed by atoms with E-state index in [1.807, 2.05) is 12.1 Å². The molecule has 0 amide bonds. The van der Waals surface area contributed by atoms with Gasteiger partial charge in [-0.05, 0) is 84.5 Å². The average molecular weight is 343 g/mol. The molecule has 3 rings (SSSR count). The quantitative estimate of drug-likeness (QED) is 0.729. The van der Waals surface area contributed by atoms with Crippen LogP contribution < -0.4 is 4.74 Å². The van der Waals surface area contributed by atoms with E-state index in [0.717, 1.165) is 17.7 Å². The summed E-state index contributed by atoms with van der Waals surface area (Å²) in [5.74, 6) is 2.30. The number of hydrogen-bond donors (Lipinski definition) is 1. The molecule has 0 spiro atoms. The van der Waals surface area contributed by atoms with E-state index in [2.05, 4.69) is 33.4 Å². The molecule has 0 aliphatic heterocycles. The van der Waals surface area contributed by atoms with Crippen LogP contribution in [0.1, 0.15) is 64.0 Å². The minimum atomic E-state index is 0.0845. The highest BCUT2D eigenvalue weighted by atomic mass is 16.5. The van der Waals surface area contributed by atoms with E-state index >= 15 is 0 Å². The fourth-order valence-corrected chi connectivity index (χ4v) is 5.74. The molecule has 0 aromatic heterocycles. The predicted octanol–water partition coefficient (Wildman–Crippen LogP) is 5.53. The van der Waals surface area contributed by atoms with Crippen molar-refractivity contribution in [2.24, 2.45) is 22.7 Å². The van der Waals surface area contributed by atoms with Crippen LogP contribution in [0.4, 0.5) is 0 Å². The van der Waals surface area contributed by atoms with Gasteiger partial charge in [0.15, 0.2) is 0 Å². The van der Waals surface area contributed by atoms with Crippen LogP contribution in [0.25, 0.3) is 0 Å². The summed E-state index contributed by atoms with van der Waals surface area (Å²) in [5.41, 5.74) is 4.19. The molecule has 2 saturated carbocycles. The highest BCUT2D eigenvalue weighted by Gasteiger charge is 2.53. The number of aliphatic hydroxyl groups excluding tert-OH is 1. The molecule has 2 heteroatoms. The maximum Gasteiger partial charge on any atom is 0.122 e. The Hall–Kier alpha value is -1.28. The molecule has 25 heavy (non-hydrogen) atoms. The molecular weight excluding hydrogens is 308 g/mol. The standard InChI is InChI=1S/C23H34O2/c1-16-7-6-8-21-22(16,3)12-11-17(2)23(21,4)14-19-13-18(15-24)9-10-20(19)25-5/h9-10,13,17,21,24H,1,6-8,11-12,14-15H2,2-5H3. The van der Waals surface area contributed by atoms with Gasteiger partial charge in [-0.25, -0.2) is 0 Å². The van der Waals surface area contributed by atoms with E-state index in [0.29, 0.717) is 11.8 Å². The Morgan fingerprint density at radius 3 is 2.72 bits per heavy atom. The maximum atomic E-state index is 9.56. The predicted molar refractivity (Wildman–Crippen MR) is 104 cm³/mol. The van der Waals surface area contributed by atoms with Crippen molar-refractivity contribution in [1.82, 2.24) is 0 Å². The third kappa shape index (κ3) is 3.03. The number of rotatable bonds is 4. The molecule has 1 aromatic carbocycles. The minimum Gasteiger partial charge on any atom is -0.496 e. The number of methoxy groups -OCH3 is 1. The van der Waals surface area contributed by atoms with Crippen LogP contribution in [-0.4, -0.2) is 12.2 Å². The molecule has 138 valence electrons. The molecule has 0 radical (unpaired) electrons. The highest BCUT2D eigenvalue weighted by Crippen LogP contribution is 2.62. The first-order valence-electron chi connectivity index (χ1n) is 9.80.